The number of carbonyl (C=O) groups excluding carboxylic acids is 1. The Bertz CT molecular complexity index is 911. The first-order valence-corrected chi connectivity index (χ1v) is 9.30. The van der Waals surface area contributed by atoms with Gasteiger partial charge >= 0.3 is 0 Å². The van der Waals surface area contributed by atoms with E-state index in [0.717, 1.165) is 44.5 Å². The molecule has 3 aromatic rings. The molecule has 2 aromatic carbocycles. The topological polar surface area (TPSA) is 72.5 Å². The molecule has 1 amide bonds. The Kier molecular flexibility index (Phi) is 4.62. The average molecular weight is 369 g/mol. The van der Waals surface area contributed by atoms with E-state index < -0.39 is 0 Å². The van der Waals surface area contributed by atoms with E-state index in [4.69, 9.17) is 9.47 Å². The Balaban J connectivity index is 1.54. The van der Waals surface area contributed by atoms with Crippen LogP contribution in [0.25, 0.3) is 10.2 Å². The lowest BCUT2D eigenvalue weighted by atomic mass is 10.2. The lowest BCUT2D eigenvalue weighted by molar-refractivity contribution is -0.114. The normalized spacial score (nSPS) is 13.3. The molecule has 26 heavy (non-hydrogen) atoms. The number of para-hydroxylation sites is 1. The highest BCUT2D eigenvalue weighted by atomic mass is 32.1. The standard InChI is InChI=1S/C19H19N3O3S/c1-12(23)21-14-6-3-2-5-13(14)11-20-19-22-15-9-16-17(10-18(15)26-19)25-8-4-7-24-16/h2-3,5-6,9-10H,4,7-8,11H2,1H3,(H,20,22)(H,21,23). The van der Waals surface area contributed by atoms with Crippen LogP contribution in [0, 0.1) is 0 Å². The van der Waals surface area contributed by atoms with Gasteiger partial charge in [-0.25, -0.2) is 4.98 Å². The molecule has 134 valence electrons. The summed E-state index contributed by atoms with van der Waals surface area (Å²) in [7, 11) is 0. The number of nitrogens with zero attached hydrogens (tertiary/aromatic N) is 1. The summed E-state index contributed by atoms with van der Waals surface area (Å²) >= 11 is 1.57. The molecule has 7 heteroatoms. The van der Waals surface area contributed by atoms with Gasteiger partial charge in [0.15, 0.2) is 16.6 Å². The molecule has 1 aliphatic rings. The molecule has 0 atom stereocenters. The van der Waals surface area contributed by atoms with E-state index in [9.17, 15) is 4.79 Å². The summed E-state index contributed by atoms with van der Waals surface area (Å²) in [5.41, 5.74) is 2.70. The molecule has 6 nitrogen and oxygen atoms in total. The second-order valence-electron chi connectivity index (χ2n) is 6.03. The Morgan fingerprint density at radius 1 is 1.19 bits per heavy atom. The third-order valence-electron chi connectivity index (χ3n) is 4.02. The lowest BCUT2D eigenvalue weighted by Crippen LogP contribution is -2.09. The zero-order chi connectivity index (χ0) is 17.9. The van der Waals surface area contributed by atoms with Gasteiger partial charge < -0.3 is 20.1 Å². The second-order valence-corrected chi connectivity index (χ2v) is 7.06. The number of fused-ring (bicyclic) bond motifs is 2. The molecule has 1 aliphatic heterocycles. The summed E-state index contributed by atoms with van der Waals surface area (Å²) < 4.78 is 12.5. The maximum absolute atomic E-state index is 11.3. The first kappa shape index (κ1) is 16.7. The Labute approximate surface area is 155 Å². The number of hydrogen-bond acceptors (Lipinski definition) is 6. The number of anilines is 2. The predicted octanol–water partition coefficient (Wildman–Crippen LogP) is 4.03. The molecular weight excluding hydrogens is 350 g/mol. The summed E-state index contributed by atoms with van der Waals surface area (Å²) in [5.74, 6) is 1.45. The number of aromatic nitrogens is 1. The van der Waals surface area contributed by atoms with Crippen LogP contribution in [0.15, 0.2) is 36.4 Å². The van der Waals surface area contributed by atoms with Gasteiger partial charge in [-0.15, -0.1) is 0 Å². The minimum absolute atomic E-state index is 0.0843. The third-order valence-corrected chi connectivity index (χ3v) is 4.99. The zero-order valence-corrected chi connectivity index (χ0v) is 15.2. The van der Waals surface area contributed by atoms with E-state index in [2.05, 4.69) is 15.6 Å². The molecule has 4 rings (SSSR count). The quantitative estimate of drug-likeness (QED) is 0.726. The number of rotatable bonds is 4. The third kappa shape index (κ3) is 3.57. The van der Waals surface area contributed by atoms with Crippen molar-refractivity contribution in [2.75, 3.05) is 23.8 Å². The number of benzene rings is 2. The summed E-state index contributed by atoms with van der Waals surface area (Å²) in [6, 6.07) is 11.6. The van der Waals surface area contributed by atoms with Crippen LogP contribution in [0.5, 0.6) is 11.5 Å². The van der Waals surface area contributed by atoms with E-state index in [1.165, 1.54) is 6.92 Å². The summed E-state index contributed by atoms with van der Waals surface area (Å²) in [6.45, 7) is 3.41. The van der Waals surface area contributed by atoms with Gasteiger partial charge in [0, 0.05) is 37.7 Å². The van der Waals surface area contributed by atoms with Crippen LogP contribution in [0.1, 0.15) is 18.9 Å². The van der Waals surface area contributed by atoms with Crippen molar-refractivity contribution in [3.8, 4) is 11.5 Å². The van der Waals surface area contributed by atoms with Crippen molar-refractivity contribution in [3.05, 3.63) is 42.0 Å². The fraction of sp³-hybridized carbons (Fsp3) is 0.263. The van der Waals surface area contributed by atoms with Crippen molar-refractivity contribution in [1.29, 1.82) is 0 Å². The number of hydrogen-bond donors (Lipinski definition) is 2. The average Bonchev–Trinajstić information content (AvgIpc) is 2.87. The summed E-state index contributed by atoms with van der Waals surface area (Å²) in [4.78, 5) is 16.0. The van der Waals surface area contributed by atoms with Gasteiger partial charge in [0.2, 0.25) is 5.91 Å². The zero-order valence-electron chi connectivity index (χ0n) is 14.4. The summed E-state index contributed by atoms with van der Waals surface area (Å²) in [6.07, 6.45) is 0.885. The van der Waals surface area contributed by atoms with Crippen molar-refractivity contribution in [2.45, 2.75) is 19.9 Å². The van der Waals surface area contributed by atoms with E-state index in [1.807, 2.05) is 36.4 Å². The smallest absolute Gasteiger partial charge is 0.221 e. The molecule has 0 saturated carbocycles. The van der Waals surface area contributed by atoms with Crippen molar-refractivity contribution in [3.63, 3.8) is 0 Å². The maximum Gasteiger partial charge on any atom is 0.221 e. The van der Waals surface area contributed by atoms with Crippen LogP contribution in [0.2, 0.25) is 0 Å². The van der Waals surface area contributed by atoms with Gasteiger partial charge in [-0.1, -0.05) is 29.5 Å². The van der Waals surface area contributed by atoms with Crippen molar-refractivity contribution in [2.24, 2.45) is 0 Å². The maximum atomic E-state index is 11.3. The van der Waals surface area contributed by atoms with Gasteiger partial charge in [-0.3, -0.25) is 4.79 Å². The van der Waals surface area contributed by atoms with Crippen LogP contribution in [0.3, 0.4) is 0 Å². The van der Waals surface area contributed by atoms with Gasteiger partial charge in [-0.2, -0.15) is 0 Å². The predicted molar refractivity (Wildman–Crippen MR) is 103 cm³/mol. The molecule has 0 bridgehead atoms. The number of ether oxygens (including phenoxy) is 2. The minimum atomic E-state index is -0.0843. The fourth-order valence-electron chi connectivity index (χ4n) is 2.82. The number of thiazole rings is 1. The van der Waals surface area contributed by atoms with Crippen molar-refractivity contribution >= 4 is 38.3 Å². The SMILES string of the molecule is CC(=O)Nc1ccccc1CNc1nc2cc3c(cc2s1)OCCCO3. The van der Waals surface area contributed by atoms with Crippen LogP contribution in [-0.4, -0.2) is 24.1 Å². The Morgan fingerprint density at radius 2 is 1.96 bits per heavy atom. The second kappa shape index (κ2) is 7.21. The number of nitrogens with one attached hydrogen (secondary N) is 2. The lowest BCUT2D eigenvalue weighted by Gasteiger charge is -2.10. The van der Waals surface area contributed by atoms with Crippen LogP contribution < -0.4 is 20.1 Å². The molecular formula is C19H19N3O3S. The molecule has 2 heterocycles. The highest BCUT2D eigenvalue weighted by Gasteiger charge is 2.14. The largest absolute Gasteiger partial charge is 0.490 e. The Hall–Kier alpha value is -2.80. The molecule has 0 saturated heterocycles. The first-order valence-electron chi connectivity index (χ1n) is 8.48. The highest BCUT2D eigenvalue weighted by Crippen LogP contribution is 2.37. The van der Waals surface area contributed by atoms with E-state index in [-0.39, 0.29) is 5.91 Å². The molecule has 0 spiro atoms. The molecule has 2 N–H and O–H groups in total. The molecule has 0 fully saturated rings. The monoisotopic (exact) mass is 369 g/mol. The number of carbonyl (C=O) groups is 1. The molecule has 0 unspecified atom stereocenters. The van der Waals surface area contributed by atoms with Gasteiger partial charge in [0.1, 0.15) is 0 Å². The Morgan fingerprint density at radius 3 is 2.77 bits per heavy atom. The van der Waals surface area contributed by atoms with Crippen molar-refractivity contribution in [1.82, 2.24) is 4.98 Å². The highest BCUT2D eigenvalue weighted by molar-refractivity contribution is 7.22. The van der Waals surface area contributed by atoms with Crippen molar-refractivity contribution < 1.29 is 14.3 Å². The van der Waals surface area contributed by atoms with Crippen LogP contribution in [0.4, 0.5) is 10.8 Å². The van der Waals surface area contributed by atoms with Gasteiger partial charge in [-0.05, 0) is 11.6 Å². The molecule has 1 aromatic heterocycles. The van der Waals surface area contributed by atoms with E-state index >= 15 is 0 Å². The van der Waals surface area contributed by atoms with Crippen LogP contribution >= 0.6 is 11.3 Å². The van der Waals surface area contributed by atoms with Gasteiger partial charge in [0.05, 0.1) is 23.4 Å². The molecule has 0 aliphatic carbocycles. The minimum Gasteiger partial charge on any atom is -0.490 e. The number of amides is 1. The summed E-state index contributed by atoms with van der Waals surface area (Å²) in [5, 5.41) is 7.01. The van der Waals surface area contributed by atoms with E-state index in [0.29, 0.717) is 19.8 Å². The first-order chi connectivity index (χ1) is 12.7. The van der Waals surface area contributed by atoms with Gasteiger partial charge in [0.25, 0.3) is 0 Å². The van der Waals surface area contributed by atoms with E-state index in [1.54, 1.807) is 11.3 Å². The molecule has 0 radical (unpaired) electrons. The van der Waals surface area contributed by atoms with Crippen LogP contribution in [-0.2, 0) is 11.3 Å². The fourth-order valence-corrected chi connectivity index (χ4v) is 3.69.